The Bertz CT molecular complexity index is 978. The quantitative estimate of drug-likeness (QED) is 0.139. The predicted molar refractivity (Wildman–Crippen MR) is 152 cm³/mol. The molecule has 0 saturated carbocycles. The van der Waals surface area contributed by atoms with Crippen LogP contribution in [0.15, 0.2) is 18.2 Å². The van der Waals surface area contributed by atoms with Gasteiger partial charge >= 0.3 is 24.2 Å². The van der Waals surface area contributed by atoms with Crippen LogP contribution < -0.4 is 15.2 Å². The lowest BCUT2D eigenvalue weighted by Gasteiger charge is -2.18. The third-order valence-electron chi connectivity index (χ3n) is 5.88. The molecule has 41 heavy (non-hydrogen) atoms. The number of rotatable bonds is 17. The molecule has 0 fully saturated rings. The Morgan fingerprint density at radius 1 is 0.756 bits per heavy atom. The van der Waals surface area contributed by atoms with Gasteiger partial charge in [-0.2, -0.15) is 0 Å². The Balaban J connectivity index is 2.86. The first kappa shape index (κ1) is 35.7. The highest BCUT2D eigenvalue weighted by Gasteiger charge is 2.23. The Kier molecular flexibility index (Phi) is 16.5. The van der Waals surface area contributed by atoms with Gasteiger partial charge in [0.05, 0.1) is 19.1 Å². The molecular formula is C30H47NO10. The molecule has 0 aliphatic rings. The fraction of sp³-hybridized carbons (Fsp3) is 0.667. The first-order valence-electron chi connectivity index (χ1n) is 14.3. The van der Waals surface area contributed by atoms with Crippen molar-refractivity contribution >= 4 is 24.2 Å². The smallest absolute Gasteiger partial charge is 0.462 e. The highest BCUT2D eigenvalue weighted by atomic mass is 16.7. The highest BCUT2D eigenvalue weighted by Crippen LogP contribution is 2.30. The lowest BCUT2D eigenvalue weighted by atomic mass is 10.1. The summed E-state index contributed by atoms with van der Waals surface area (Å²) in [5.41, 5.74) is 6.57. The summed E-state index contributed by atoms with van der Waals surface area (Å²) in [5.74, 6) is -0.771. The molecule has 0 amide bonds. The van der Waals surface area contributed by atoms with Crippen LogP contribution in [-0.2, 0) is 35.0 Å². The van der Waals surface area contributed by atoms with Crippen LogP contribution in [0.3, 0.4) is 0 Å². The van der Waals surface area contributed by atoms with Crippen molar-refractivity contribution < 1.29 is 47.6 Å². The fourth-order valence-electron chi connectivity index (χ4n) is 3.39. The van der Waals surface area contributed by atoms with Crippen molar-refractivity contribution in [1.29, 1.82) is 0 Å². The van der Waals surface area contributed by atoms with Gasteiger partial charge in [-0.15, -0.1) is 0 Å². The van der Waals surface area contributed by atoms with Gasteiger partial charge in [-0.3, -0.25) is 9.59 Å². The maximum atomic E-state index is 12.6. The average Bonchev–Trinajstić information content (AvgIpc) is 2.88. The van der Waals surface area contributed by atoms with Crippen LogP contribution >= 0.6 is 0 Å². The molecule has 2 N–H and O–H groups in total. The molecule has 1 unspecified atom stereocenters. The van der Waals surface area contributed by atoms with E-state index in [0.717, 1.165) is 6.42 Å². The average molecular weight is 582 g/mol. The zero-order chi connectivity index (χ0) is 30.9. The van der Waals surface area contributed by atoms with Crippen molar-refractivity contribution in [2.45, 2.75) is 92.7 Å². The van der Waals surface area contributed by atoms with Crippen LogP contribution in [0.25, 0.3) is 0 Å². The van der Waals surface area contributed by atoms with Crippen molar-refractivity contribution in [2.24, 2.45) is 23.5 Å². The second-order valence-electron chi connectivity index (χ2n) is 10.9. The van der Waals surface area contributed by atoms with Crippen LogP contribution in [-0.4, -0.2) is 56.2 Å². The predicted octanol–water partition coefficient (Wildman–Crippen LogP) is 5.59. The van der Waals surface area contributed by atoms with Gasteiger partial charge in [0.15, 0.2) is 11.5 Å². The molecule has 3 atom stereocenters. The largest absolute Gasteiger partial charge is 0.513 e. The van der Waals surface area contributed by atoms with E-state index in [1.54, 1.807) is 19.9 Å². The Morgan fingerprint density at radius 3 is 1.85 bits per heavy atom. The minimum Gasteiger partial charge on any atom is -0.462 e. The van der Waals surface area contributed by atoms with Crippen molar-refractivity contribution in [3.8, 4) is 11.5 Å². The summed E-state index contributed by atoms with van der Waals surface area (Å²) >= 11 is 0. The van der Waals surface area contributed by atoms with Gasteiger partial charge in [0.25, 0.3) is 0 Å². The number of ether oxygens (including phenoxy) is 6. The van der Waals surface area contributed by atoms with Gasteiger partial charge in [0.2, 0.25) is 0 Å². The Labute approximate surface area is 243 Å². The maximum Gasteiger partial charge on any atom is 0.513 e. The van der Waals surface area contributed by atoms with Gasteiger partial charge in [0.1, 0.15) is 18.8 Å². The van der Waals surface area contributed by atoms with E-state index >= 15 is 0 Å². The molecule has 1 aromatic rings. The summed E-state index contributed by atoms with van der Waals surface area (Å²) in [6.07, 6.45) is 0.288. The molecule has 0 aliphatic heterocycles. The zero-order valence-electron chi connectivity index (χ0n) is 25.4. The van der Waals surface area contributed by atoms with E-state index in [1.165, 1.54) is 12.1 Å². The summed E-state index contributed by atoms with van der Waals surface area (Å²) < 4.78 is 31.3. The zero-order valence-corrected chi connectivity index (χ0v) is 25.4. The summed E-state index contributed by atoms with van der Waals surface area (Å²) in [5, 5.41) is 0. The van der Waals surface area contributed by atoms with E-state index in [9.17, 15) is 19.2 Å². The molecular weight excluding hydrogens is 534 g/mol. The highest BCUT2D eigenvalue weighted by molar-refractivity contribution is 5.76. The molecule has 0 heterocycles. The first-order chi connectivity index (χ1) is 19.3. The van der Waals surface area contributed by atoms with E-state index in [0.29, 0.717) is 36.7 Å². The number of hydrogen-bond acceptors (Lipinski definition) is 11. The normalized spacial score (nSPS) is 13.2. The molecule has 0 saturated heterocycles. The van der Waals surface area contributed by atoms with Crippen molar-refractivity contribution in [3.05, 3.63) is 23.8 Å². The minimum atomic E-state index is -1.06. The molecule has 1 rings (SSSR count). The van der Waals surface area contributed by atoms with Crippen molar-refractivity contribution in [1.82, 2.24) is 0 Å². The van der Waals surface area contributed by atoms with Gasteiger partial charge in [0, 0.05) is 0 Å². The summed E-state index contributed by atoms with van der Waals surface area (Å²) in [6, 6.07) is 3.34. The van der Waals surface area contributed by atoms with E-state index < -0.39 is 30.4 Å². The molecule has 11 heteroatoms. The SMILES string of the molecule is CCCC(C)C(=O)OC[C@H](C)OC(=O)[C@@H](N)Cc1ccc(OC(=O)OCCC(C)C)c(OC(=O)OCCC(C)C)c1. The monoisotopic (exact) mass is 581 g/mol. The molecule has 232 valence electrons. The molecule has 11 nitrogen and oxygen atoms in total. The van der Waals surface area contributed by atoms with Crippen molar-refractivity contribution in [3.63, 3.8) is 0 Å². The summed E-state index contributed by atoms with van der Waals surface area (Å²) in [6.45, 7) is 13.6. The van der Waals surface area contributed by atoms with Gasteiger partial charge < -0.3 is 34.2 Å². The standard InChI is InChI=1S/C30H47NO10/c1-8-9-21(6)27(32)38-18-22(7)39-28(33)24(31)16-23-10-11-25(40-29(34)36-14-12-19(2)3)26(17-23)41-30(35)37-15-13-20(4)5/h10-11,17,19-22,24H,8-9,12-16,18,31H2,1-7H3/t21?,22-,24-/m0/s1. The van der Waals surface area contributed by atoms with Crippen LogP contribution in [0, 0.1) is 17.8 Å². The number of hydrogen-bond donors (Lipinski definition) is 1. The molecule has 0 bridgehead atoms. The molecule has 0 spiro atoms. The Morgan fingerprint density at radius 2 is 1.32 bits per heavy atom. The summed E-state index contributed by atoms with van der Waals surface area (Å²) in [7, 11) is 0. The second kappa shape index (κ2) is 18.9. The van der Waals surface area contributed by atoms with E-state index in [-0.39, 0.29) is 49.6 Å². The molecule has 0 radical (unpaired) electrons. The van der Waals surface area contributed by atoms with Gasteiger partial charge in [-0.05, 0) is 62.1 Å². The third kappa shape index (κ3) is 15.3. The van der Waals surface area contributed by atoms with Gasteiger partial charge in [-0.1, -0.05) is 54.0 Å². The fourth-order valence-corrected chi connectivity index (χ4v) is 3.39. The molecule has 1 aromatic carbocycles. The number of carbonyl (C=O) groups excluding carboxylic acids is 4. The van der Waals surface area contributed by atoms with Crippen LogP contribution in [0.1, 0.15) is 79.7 Å². The minimum absolute atomic E-state index is 0.0246. The van der Waals surface area contributed by atoms with E-state index in [2.05, 4.69) is 0 Å². The maximum absolute atomic E-state index is 12.6. The number of carbonyl (C=O) groups is 4. The lowest BCUT2D eigenvalue weighted by Crippen LogP contribution is -2.37. The van der Waals surface area contributed by atoms with Crippen LogP contribution in [0.4, 0.5) is 9.59 Å². The van der Waals surface area contributed by atoms with Crippen LogP contribution in [0.2, 0.25) is 0 Å². The Hall–Kier alpha value is -3.34. The van der Waals surface area contributed by atoms with Crippen molar-refractivity contribution in [2.75, 3.05) is 19.8 Å². The summed E-state index contributed by atoms with van der Waals surface area (Å²) in [4.78, 5) is 49.0. The third-order valence-corrected chi connectivity index (χ3v) is 5.88. The molecule has 0 aliphatic carbocycles. The number of esters is 2. The first-order valence-corrected chi connectivity index (χ1v) is 14.3. The number of nitrogens with two attached hydrogens (primary N) is 1. The van der Waals surface area contributed by atoms with E-state index in [4.69, 9.17) is 34.2 Å². The number of benzene rings is 1. The topological polar surface area (TPSA) is 150 Å². The van der Waals surface area contributed by atoms with Gasteiger partial charge in [-0.25, -0.2) is 9.59 Å². The second-order valence-corrected chi connectivity index (χ2v) is 10.9. The lowest BCUT2D eigenvalue weighted by molar-refractivity contribution is -0.161. The van der Waals surface area contributed by atoms with E-state index in [1.807, 2.05) is 34.6 Å². The molecule has 0 aromatic heterocycles. The van der Waals surface area contributed by atoms with Crippen LogP contribution in [0.5, 0.6) is 11.5 Å².